The van der Waals surface area contributed by atoms with Gasteiger partial charge < -0.3 is 19.6 Å². The fourth-order valence-corrected chi connectivity index (χ4v) is 3.97. The molecule has 2 aliphatic rings. The van der Waals surface area contributed by atoms with E-state index < -0.39 is 11.8 Å². The van der Waals surface area contributed by atoms with Crippen LogP contribution >= 0.6 is 0 Å². The molecular weight excluding hydrogens is 344 g/mol. The molecule has 1 N–H and O–H groups in total. The van der Waals surface area contributed by atoms with Gasteiger partial charge in [-0.2, -0.15) is 0 Å². The van der Waals surface area contributed by atoms with Gasteiger partial charge in [-0.25, -0.2) is 4.79 Å². The Labute approximate surface area is 161 Å². The van der Waals surface area contributed by atoms with Crippen molar-refractivity contribution in [3.8, 4) is 0 Å². The van der Waals surface area contributed by atoms with Gasteiger partial charge in [0.15, 0.2) is 6.23 Å². The predicted molar refractivity (Wildman–Crippen MR) is 102 cm³/mol. The Morgan fingerprint density at radius 1 is 1.26 bits per heavy atom. The first-order valence-electron chi connectivity index (χ1n) is 9.73. The number of rotatable bonds is 3. The summed E-state index contributed by atoms with van der Waals surface area (Å²) in [6.45, 7) is 9.59. The minimum absolute atomic E-state index is 0.101. The number of amides is 2. The summed E-state index contributed by atoms with van der Waals surface area (Å²) in [7, 11) is 0. The van der Waals surface area contributed by atoms with Crippen molar-refractivity contribution in [3.63, 3.8) is 0 Å². The smallest absolute Gasteiger partial charge is 0.410 e. The Balaban J connectivity index is 1.54. The third-order valence-corrected chi connectivity index (χ3v) is 5.51. The van der Waals surface area contributed by atoms with Crippen molar-refractivity contribution < 1.29 is 19.4 Å². The number of benzene rings is 1. The number of aliphatic hydroxyl groups is 1. The monoisotopic (exact) mass is 374 g/mol. The van der Waals surface area contributed by atoms with Crippen LogP contribution in [0.25, 0.3) is 0 Å². The molecule has 0 aromatic heterocycles. The lowest BCUT2D eigenvalue weighted by atomic mass is 9.85. The molecule has 2 atom stereocenters. The first kappa shape index (κ1) is 19.7. The van der Waals surface area contributed by atoms with Gasteiger partial charge in [-0.05, 0) is 51.5 Å². The minimum Gasteiger partial charge on any atom is -0.444 e. The molecular formula is C21H30N2O4. The number of nitrogens with zero attached hydrogens (tertiary/aromatic N) is 2. The van der Waals surface area contributed by atoms with Crippen LogP contribution in [-0.4, -0.2) is 52.1 Å². The summed E-state index contributed by atoms with van der Waals surface area (Å²) in [5.41, 5.74) is 0.800. The number of likely N-dealkylation sites (tertiary alicyclic amines) is 1. The highest BCUT2D eigenvalue weighted by molar-refractivity contribution is 5.98. The maximum absolute atomic E-state index is 12.6. The van der Waals surface area contributed by atoms with E-state index >= 15 is 0 Å². The van der Waals surface area contributed by atoms with Crippen LogP contribution in [0.3, 0.4) is 0 Å². The zero-order valence-corrected chi connectivity index (χ0v) is 16.6. The molecule has 148 valence electrons. The number of carbonyl (C=O) groups is 2. The van der Waals surface area contributed by atoms with Crippen LogP contribution in [0.15, 0.2) is 24.3 Å². The summed E-state index contributed by atoms with van der Waals surface area (Å²) < 4.78 is 5.45. The van der Waals surface area contributed by atoms with Crippen LogP contribution in [0.2, 0.25) is 0 Å². The van der Waals surface area contributed by atoms with Crippen LogP contribution in [0, 0.1) is 11.8 Å². The van der Waals surface area contributed by atoms with Crippen LogP contribution in [0.4, 0.5) is 4.79 Å². The highest BCUT2D eigenvalue weighted by atomic mass is 16.6. The molecule has 0 radical (unpaired) electrons. The molecule has 6 heteroatoms. The highest BCUT2D eigenvalue weighted by Gasteiger charge is 2.37. The second kappa shape index (κ2) is 7.50. The molecule has 0 spiro atoms. The number of ether oxygens (including phenoxy) is 1. The van der Waals surface area contributed by atoms with Crippen molar-refractivity contribution in [2.45, 2.75) is 52.4 Å². The van der Waals surface area contributed by atoms with E-state index in [1.54, 1.807) is 15.9 Å². The van der Waals surface area contributed by atoms with E-state index in [4.69, 9.17) is 4.74 Å². The average Bonchev–Trinajstić information content (AvgIpc) is 2.86. The van der Waals surface area contributed by atoms with E-state index in [-0.39, 0.29) is 17.9 Å². The van der Waals surface area contributed by atoms with E-state index in [9.17, 15) is 14.7 Å². The Hall–Kier alpha value is -2.08. The highest BCUT2D eigenvalue weighted by Crippen LogP contribution is 2.34. The molecule has 0 saturated carbocycles. The maximum Gasteiger partial charge on any atom is 0.410 e. The van der Waals surface area contributed by atoms with Gasteiger partial charge in [0.05, 0.1) is 0 Å². The first-order chi connectivity index (χ1) is 12.7. The molecule has 1 unspecified atom stereocenters. The Morgan fingerprint density at radius 2 is 1.89 bits per heavy atom. The molecule has 1 aromatic rings. The van der Waals surface area contributed by atoms with Crippen molar-refractivity contribution in [3.05, 3.63) is 35.4 Å². The van der Waals surface area contributed by atoms with Gasteiger partial charge in [-0.1, -0.05) is 25.1 Å². The summed E-state index contributed by atoms with van der Waals surface area (Å²) >= 11 is 0. The Kier molecular flexibility index (Phi) is 5.47. The van der Waals surface area contributed by atoms with Gasteiger partial charge in [0, 0.05) is 30.8 Å². The second-order valence-corrected chi connectivity index (χ2v) is 8.70. The molecule has 1 aromatic carbocycles. The summed E-state index contributed by atoms with van der Waals surface area (Å²) in [5.74, 6) is 0.558. The normalized spacial score (nSPS) is 22.0. The quantitative estimate of drug-likeness (QED) is 0.880. The minimum atomic E-state index is -0.863. The fraction of sp³-hybridized carbons (Fsp3) is 0.619. The topological polar surface area (TPSA) is 70.1 Å². The van der Waals surface area contributed by atoms with Gasteiger partial charge in [0.25, 0.3) is 5.91 Å². The fourth-order valence-electron chi connectivity index (χ4n) is 3.97. The molecule has 0 bridgehead atoms. The number of fused-ring (bicyclic) bond motifs is 1. The van der Waals surface area contributed by atoms with E-state index in [1.165, 1.54) is 0 Å². The lowest BCUT2D eigenvalue weighted by Gasteiger charge is -2.37. The van der Waals surface area contributed by atoms with Gasteiger partial charge >= 0.3 is 6.09 Å². The SMILES string of the molecule is C[C@H](CN1C(=O)c2ccccc2C1O)C1CCN(C(=O)OC(C)(C)C)CC1. The number of hydrogen-bond donors (Lipinski definition) is 1. The zero-order chi connectivity index (χ0) is 19.8. The van der Waals surface area contributed by atoms with E-state index in [0.717, 1.165) is 12.8 Å². The van der Waals surface area contributed by atoms with Crippen LogP contribution < -0.4 is 0 Å². The molecule has 3 rings (SSSR count). The molecule has 1 fully saturated rings. The Bertz CT molecular complexity index is 704. The number of piperidine rings is 1. The van der Waals surface area contributed by atoms with E-state index in [0.29, 0.717) is 36.7 Å². The lowest BCUT2D eigenvalue weighted by molar-refractivity contribution is 0.000835. The number of carbonyl (C=O) groups excluding carboxylic acids is 2. The number of aliphatic hydroxyl groups excluding tert-OH is 1. The molecule has 2 heterocycles. The van der Waals surface area contributed by atoms with Gasteiger partial charge in [-0.15, -0.1) is 0 Å². The molecule has 2 aliphatic heterocycles. The molecule has 6 nitrogen and oxygen atoms in total. The molecule has 27 heavy (non-hydrogen) atoms. The third kappa shape index (κ3) is 4.26. The lowest BCUT2D eigenvalue weighted by Crippen LogP contribution is -2.44. The van der Waals surface area contributed by atoms with E-state index in [2.05, 4.69) is 6.92 Å². The zero-order valence-electron chi connectivity index (χ0n) is 16.6. The summed E-state index contributed by atoms with van der Waals surface area (Å²) in [6.07, 6.45) is 0.643. The second-order valence-electron chi connectivity index (χ2n) is 8.70. The van der Waals surface area contributed by atoms with Gasteiger partial charge in [-0.3, -0.25) is 4.79 Å². The molecule has 2 amide bonds. The molecule has 0 aliphatic carbocycles. The van der Waals surface area contributed by atoms with Crippen molar-refractivity contribution in [1.82, 2.24) is 9.80 Å². The summed E-state index contributed by atoms with van der Waals surface area (Å²) in [4.78, 5) is 28.1. The first-order valence-corrected chi connectivity index (χ1v) is 9.73. The van der Waals surface area contributed by atoms with Crippen LogP contribution in [0.5, 0.6) is 0 Å². The van der Waals surface area contributed by atoms with Gasteiger partial charge in [0.1, 0.15) is 5.60 Å². The third-order valence-electron chi connectivity index (χ3n) is 5.51. The molecule has 1 saturated heterocycles. The summed E-state index contributed by atoms with van der Waals surface area (Å²) in [5, 5.41) is 10.5. The van der Waals surface area contributed by atoms with Crippen molar-refractivity contribution in [2.24, 2.45) is 11.8 Å². The van der Waals surface area contributed by atoms with Crippen LogP contribution in [-0.2, 0) is 4.74 Å². The van der Waals surface area contributed by atoms with Crippen molar-refractivity contribution >= 4 is 12.0 Å². The van der Waals surface area contributed by atoms with Crippen molar-refractivity contribution in [1.29, 1.82) is 0 Å². The summed E-state index contributed by atoms with van der Waals surface area (Å²) in [6, 6.07) is 7.24. The van der Waals surface area contributed by atoms with E-state index in [1.807, 2.05) is 39.0 Å². The predicted octanol–water partition coefficient (Wildman–Crippen LogP) is 3.42. The van der Waals surface area contributed by atoms with Crippen LogP contribution in [0.1, 0.15) is 62.7 Å². The number of hydrogen-bond acceptors (Lipinski definition) is 4. The average molecular weight is 374 g/mol. The van der Waals surface area contributed by atoms with Crippen molar-refractivity contribution in [2.75, 3.05) is 19.6 Å². The van der Waals surface area contributed by atoms with Gasteiger partial charge in [0.2, 0.25) is 0 Å². The Morgan fingerprint density at radius 3 is 2.48 bits per heavy atom. The largest absolute Gasteiger partial charge is 0.444 e. The maximum atomic E-state index is 12.6. The standard InChI is InChI=1S/C21H30N2O4/c1-14(13-23-18(24)16-7-5-6-8-17(16)19(23)25)15-9-11-22(12-10-15)20(26)27-21(2,3)4/h5-8,14-15,18,24H,9-13H2,1-4H3/t14-,18?/m1/s1.